The SMILES string of the molecule is Cc1ccccc1N(C)c1nc(Cl)ncc1Br. The van der Waals surface area contributed by atoms with Crippen LogP contribution in [0, 0.1) is 6.92 Å². The molecule has 0 aliphatic rings. The van der Waals surface area contributed by atoms with Crippen molar-refractivity contribution in [2.75, 3.05) is 11.9 Å². The first-order valence-corrected chi connectivity index (χ1v) is 6.24. The van der Waals surface area contributed by atoms with Crippen molar-refractivity contribution in [3.63, 3.8) is 0 Å². The van der Waals surface area contributed by atoms with E-state index in [2.05, 4.69) is 38.9 Å². The molecule has 88 valence electrons. The van der Waals surface area contributed by atoms with Crippen LogP contribution in [0.3, 0.4) is 0 Å². The lowest BCUT2D eigenvalue weighted by atomic mass is 10.2. The van der Waals surface area contributed by atoms with Crippen LogP contribution in [-0.2, 0) is 0 Å². The molecule has 1 heterocycles. The summed E-state index contributed by atoms with van der Waals surface area (Å²) in [5.41, 5.74) is 2.26. The number of aromatic nitrogens is 2. The molecule has 0 aliphatic carbocycles. The molecule has 5 heteroatoms. The Balaban J connectivity index is 2.47. The van der Waals surface area contributed by atoms with Crippen molar-refractivity contribution in [3.05, 3.63) is 45.8 Å². The maximum Gasteiger partial charge on any atom is 0.224 e. The van der Waals surface area contributed by atoms with Gasteiger partial charge in [-0.3, -0.25) is 0 Å². The smallest absolute Gasteiger partial charge is 0.224 e. The van der Waals surface area contributed by atoms with Gasteiger partial charge in [-0.05, 0) is 46.1 Å². The standard InChI is InChI=1S/C12H11BrClN3/c1-8-5-3-4-6-10(8)17(2)11-9(13)7-15-12(14)16-11/h3-7H,1-2H3. The number of halogens is 2. The normalized spacial score (nSPS) is 10.4. The van der Waals surface area contributed by atoms with E-state index in [1.165, 1.54) is 5.56 Å². The molecular weight excluding hydrogens is 302 g/mol. The van der Waals surface area contributed by atoms with Gasteiger partial charge in [0.05, 0.1) is 4.47 Å². The van der Waals surface area contributed by atoms with E-state index in [0.717, 1.165) is 16.0 Å². The number of nitrogens with zero attached hydrogens (tertiary/aromatic N) is 3. The molecule has 3 nitrogen and oxygen atoms in total. The second-order valence-electron chi connectivity index (χ2n) is 3.66. The molecule has 0 bridgehead atoms. The fourth-order valence-electron chi connectivity index (χ4n) is 1.63. The highest BCUT2D eigenvalue weighted by atomic mass is 79.9. The van der Waals surface area contributed by atoms with Crippen LogP contribution in [0.15, 0.2) is 34.9 Å². The molecule has 0 saturated heterocycles. The molecule has 0 N–H and O–H groups in total. The maximum absolute atomic E-state index is 5.82. The van der Waals surface area contributed by atoms with Gasteiger partial charge in [0.25, 0.3) is 0 Å². The molecule has 1 aromatic heterocycles. The van der Waals surface area contributed by atoms with Crippen LogP contribution in [0.5, 0.6) is 0 Å². The second-order valence-corrected chi connectivity index (χ2v) is 4.85. The lowest BCUT2D eigenvalue weighted by Gasteiger charge is -2.21. The zero-order valence-electron chi connectivity index (χ0n) is 9.48. The third-order valence-electron chi connectivity index (χ3n) is 2.49. The van der Waals surface area contributed by atoms with Crippen molar-refractivity contribution in [1.29, 1.82) is 0 Å². The summed E-state index contributed by atoms with van der Waals surface area (Å²) < 4.78 is 0.813. The molecule has 2 aromatic rings. The summed E-state index contributed by atoms with van der Waals surface area (Å²) in [6.45, 7) is 2.06. The second kappa shape index (κ2) is 5.02. The van der Waals surface area contributed by atoms with E-state index < -0.39 is 0 Å². The summed E-state index contributed by atoms with van der Waals surface area (Å²) in [5, 5.41) is 0.239. The molecule has 0 fully saturated rings. The third kappa shape index (κ3) is 2.58. The van der Waals surface area contributed by atoms with Crippen LogP contribution in [0.1, 0.15) is 5.56 Å². The lowest BCUT2D eigenvalue weighted by Crippen LogP contribution is -2.13. The van der Waals surface area contributed by atoms with Crippen LogP contribution in [0.2, 0.25) is 5.28 Å². The summed E-state index contributed by atoms with van der Waals surface area (Å²) in [5.74, 6) is 0.749. The average molecular weight is 313 g/mol. The Morgan fingerprint density at radius 3 is 2.71 bits per heavy atom. The summed E-state index contributed by atoms with van der Waals surface area (Å²) in [4.78, 5) is 10.1. The summed E-state index contributed by atoms with van der Waals surface area (Å²) in [6.07, 6.45) is 1.65. The predicted molar refractivity (Wildman–Crippen MR) is 74.0 cm³/mol. The van der Waals surface area contributed by atoms with E-state index in [0.29, 0.717) is 0 Å². The molecular formula is C12H11BrClN3. The minimum Gasteiger partial charge on any atom is -0.328 e. The Morgan fingerprint density at radius 2 is 2.00 bits per heavy atom. The van der Waals surface area contributed by atoms with Gasteiger partial charge in [0.15, 0.2) is 5.82 Å². The molecule has 1 aromatic carbocycles. The Bertz CT molecular complexity index is 545. The number of hydrogen-bond donors (Lipinski definition) is 0. The number of benzene rings is 1. The van der Waals surface area contributed by atoms with Crippen LogP contribution in [0.25, 0.3) is 0 Å². The van der Waals surface area contributed by atoms with Crippen molar-refractivity contribution in [3.8, 4) is 0 Å². The van der Waals surface area contributed by atoms with Gasteiger partial charge in [0, 0.05) is 18.9 Å². The summed E-state index contributed by atoms with van der Waals surface area (Å²) >= 11 is 9.25. The molecule has 17 heavy (non-hydrogen) atoms. The van der Waals surface area contributed by atoms with Gasteiger partial charge in [-0.25, -0.2) is 4.98 Å². The zero-order chi connectivity index (χ0) is 12.4. The largest absolute Gasteiger partial charge is 0.328 e. The van der Waals surface area contributed by atoms with Crippen LogP contribution in [0.4, 0.5) is 11.5 Å². The van der Waals surface area contributed by atoms with E-state index in [1.807, 2.05) is 30.1 Å². The van der Waals surface area contributed by atoms with E-state index in [-0.39, 0.29) is 5.28 Å². The van der Waals surface area contributed by atoms with Crippen molar-refractivity contribution >= 4 is 39.0 Å². The quantitative estimate of drug-likeness (QED) is 0.786. The van der Waals surface area contributed by atoms with Gasteiger partial charge >= 0.3 is 0 Å². The molecule has 0 atom stereocenters. The highest BCUT2D eigenvalue weighted by Gasteiger charge is 2.12. The molecule has 0 spiro atoms. The number of anilines is 2. The lowest BCUT2D eigenvalue weighted by molar-refractivity contribution is 1.06. The number of hydrogen-bond acceptors (Lipinski definition) is 3. The van der Waals surface area contributed by atoms with Gasteiger partial charge in [-0.15, -0.1) is 0 Å². The van der Waals surface area contributed by atoms with Gasteiger partial charge in [0.2, 0.25) is 5.28 Å². The van der Waals surface area contributed by atoms with Crippen molar-refractivity contribution in [2.24, 2.45) is 0 Å². The fourth-order valence-corrected chi connectivity index (χ4v) is 2.21. The fraction of sp³-hybridized carbons (Fsp3) is 0.167. The third-order valence-corrected chi connectivity index (χ3v) is 3.23. The zero-order valence-corrected chi connectivity index (χ0v) is 11.8. The first kappa shape index (κ1) is 12.3. The molecule has 0 saturated carbocycles. The minimum absolute atomic E-state index is 0.239. The Kier molecular flexibility index (Phi) is 3.64. The van der Waals surface area contributed by atoms with E-state index in [9.17, 15) is 0 Å². The molecule has 2 rings (SSSR count). The predicted octanol–water partition coefficient (Wildman–Crippen LogP) is 3.97. The van der Waals surface area contributed by atoms with Crippen LogP contribution >= 0.6 is 27.5 Å². The number of aryl methyl sites for hydroxylation is 1. The highest BCUT2D eigenvalue weighted by Crippen LogP contribution is 2.30. The Labute approximate surface area is 114 Å². The van der Waals surface area contributed by atoms with Crippen LogP contribution < -0.4 is 4.90 Å². The minimum atomic E-state index is 0.239. The number of para-hydroxylation sites is 1. The topological polar surface area (TPSA) is 29.0 Å². The Hall–Kier alpha value is -1.13. The number of rotatable bonds is 2. The van der Waals surface area contributed by atoms with Crippen molar-refractivity contribution in [1.82, 2.24) is 9.97 Å². The van der Waals surface area contributed by atoms with Crippen LogP contribution in [-0.4, -0.2) is 17.0 Å². The van der Waals surface area contributed by atoms with Gasteiger partial charge in [-0.2, -0.15) is 4.98 Å². The average Bonchev–Trinajstić information content (AvgIpc) is 2.32. The van der Waals surface area contributed by atoms with Crippen molar-refractivity contribution in [2.45, 2.75) is 6.92 Å². The summed E-state index contributed by atoms with van der Waals surface area (Å²) in [7, 11) is 1.95. The van der Waals surface area contributed by atoms with Gasteiger partial charge < -0.3 is 4.90 Å². The molecule has 0 radical (unpaired) electrons. The van der Waals surface area contributed by atoms with Gasteiger partial charge in [-0.1, -0.05) is 18.2 Å². The first-order valence-electron chi connectivity index (χ1n) is 5.07. The molecule has 0 unspecified atom stereocenters. The summed E-state index contributed by atoms with van der Waals surface area (Å²) in [6, 6.07) is 8.10. The monoisotopic (exact) mass is 311 g/mol. The van der Waals surface area contributed by atoms with E-state index >= 15 is 0 Å². The Morgan fingerprint density at radius 1 is 1.29 bits per heavy atom. The molecule has 0 amide bonds. The highest BCUT2D eigenvalue weighted by molar-refractivity contribution is 9.10. The van der Waals surface area contributed by atoms with Gasteiger partial charge in [0.1, 0.15) is 0 Å². The molecule has 0 aliphatic heterocycles. The maximum atomic E-state index is 5.82. The first-order chi connectivity index (χ1) is 8.09. The van der Waals surface area contributed by atoms with E-state index in [1.54, 1.807) is 6.20 Å². The van der Waals surface area contributed by atoms with Crippen molar-refractivity contribution < 1.29 is 0 Å². The van der Waals surface area contributed by atoms with E-state index in [4.69, 9.17) is 11.6 Å².